The zero-order chi connectivity index (χ0) is 20.7. The first-order valence-corrected chi connectivity index (χ1v) is 12.1. The van der Waals surface area contributed by atoms with E-state index in [4.69, 9.17) is 0 Å². The van der Waals surface area contributed by atoms with Crippen molar-refractivity contribution in [1.29, 1.82) is 0 Å². The van der Waals surface area contributed by atoms with E-state index in [1.54, 1.807) is 29.5 Å². The third kappa shape index (κ3) is 3.48. The van der Waals surface area contributed by atoms with E-state index in [1.807, 2.05) is 35.2 Å². The second-order valence-corrected chi connectivity index (χ2v) is 10.1. The van der Waals surface area contributed by atoms with Crippen LogP contribution in [0.4, 0.5) is 0 Å². The highest BCUT2D eigenvalue weighted by Crippen LogP contribution is 2.30. The van der Waals surface area contributed by atoms with Crippen LogP contribution in [-0.4, -0.2) is 43.1 Å². The van der Waals surface area contributed by atoms with E-state index in [0.717, 1.165) is 15.2 Å². The van der Waals surface area contributed by atoms with E-state index in [0.29, 0.717) is 43.9 Å². The molecule has 1 saturated heterocycles. The number of carbonyl (C=O) groups excluding carboxylic acids is 1. The number of rotatable bonds is 3. The molecule has 3 heterocycles. The molecule has 2 aliphatic rings. The Kier molecular flexibility index (Phi) is 4.79. The molecule has 1 amide bonds. The minimum Gasteiger partial charge on any atom is -0.355 e. The predicted molar refractivity (Wildman–Crippen MR) is 116 cm³/mol. The quantitative estimate of drug-likeness (QED) is 0.676. The average Bonchev–Trinajstić information content (AvgIpc) is 3.30. The molecule has 3 aromatic rings. The monoisotopic (exact) mass is 440 g/mol. The van der Waals surface area contributed by atoms with Gasteiger partial charge in [0.2, 0.25) is 5.91 Å². The summed E-state index contributed by atoms with van der Waals surface area (Å²) < 4.78 is 29.7. The molecule has 0 aliphatic carbocycles. The third-order valence-corrected chi connectivity index (χ3v) is 7.89. The number of likely N-dealkylation sites (tertiary alicyclic amines) is 1. The number of hydrogen-bond acceptors (Lipinski definition) is 6. The zero-order valence-electron chi connectivity index (χ0n) is 16.1. The van der Waals surface area contributed by atoms with E-state index < -0.39 is 10.0 Å². The molecule has 0 saturated carbocycles. The molecular formula is C21H20N4O3S2. The smallest absolute Gasteiger partial charge is 0.285 e. The summed E-state index contributed by atoms with van der Waals surface area (Å²) in [7, 11) is -3.62. The van der Waals surface area contributed by atoms with Gasteiger partial charge < -0.3 is 10.2 Å². The number of sulfonamides is 1. The molecule has 154 valence electrons. The van der Waals surface area contributed by atoms with Gasteiger partial charge in [0.1, 0.15) is 9.90 Å². The van der Waals surface area contributed by atoms with Crippen LogP contribution < -0.4 is 5.32 Å². The summed E-state index contributed by atoms with van der Waals surface area (Å²) in [4.78, 5) is 19.4. The number of carbonyl (C=O) groups is 1. The van der Waals surface area contributed by atoms with Crippen molar-refractivity contribution in [1.82, 2.24) is 15.2 Å². The maximum Gasteiger partial charge on any atom is 0.285 e. The lowest BCUT2D eigenvalue weighted by Gasteiger charge is -2.32. The van der Waals surface area contributed by atoms with Gasteiger partial charge in [0.25, 0.3) is 10.0 Å². The number of nitrogens with one attached hydrogen (secondary N) is 1. The third-order valence-electron chi connectivity index (χ3n) is 5.53. The molecule has 5 rings (SSSR count). The van der Waals surface area contributed by atoms with Crippen LogP contribution in [0.25, 0.3) is 10.2 Å². The number of fused-ring (bicyclic) bond motifs is 2. The zero-order valence-corrected chi connectivity index (χ0v) is 17.7. The van der Waals surface area contributed by atoms with Crippen molar-refractivity contribution in [2.45, 2.75) is 24.3 Å². The number of amides is 1. The Morgan fingerprint density at radius 3 is 2.63 bits per heavy atom. The highest BCUT2D eigenvalue weighted by atomic mass is 32.2. The summed E-state index contributed by atoms with van der Waals surface area (Å²) in [6, 6.07) is 14.8. The topological polar surface area (TPSA) is 91.7 Å². The van der Waals surface area contributed by atoms with Crippen molar-refractivity contribution >= 4 is 43.3 Å². The Labute approximate surface area is 178 Å². The van der Waals surface area contributed by atoms with E-state index >= 15 is 0 Å². The molecule has 1 aromatic heterocycles. The number of benzene rings is 2. The molecule has 2 aromatic carbocycles. The van der Waals surface area contributed by atoms with Crippen LogP contribution in [0.5, 0.6) is 0 Å². The molecule has 7 nitrogen and oxygen atoms in total. The van der Waals surface area contributed by atoms with E-state index in [2.05, 4.69) is 14.7 Å². The normalized spacial score (nSPS) is 18.3. The number of amidine groups is 1. The van der Waals surface area contributed by atoms with Crippen LogP contribution >= 0.6 is 11.3 Å². The summed E-state index contributed by atoms with van der Waals surface area (Å²) in [5.41, 5.74) is 1.60. The van der Waals surface area contributed by atoms with E-state index in [9.17, 15) is 13.2 Å². The van der Waals surface area contributed by atoms with Gasteiger partial charge in [-0.15, -0.1) is 15.7 Å². The van der Waals surface area contributed by atoms with Gasteiger partial charge in [0.15, 0.2) is 5.84 Å². The Balaban J connectivity index is 1.20. The molecule has 30 heavy (non-hydrogen) atoms. The summed E-state index contributed by atoms with van der Waals surface area (Å²) in [5, 5.41) is 3.90. The molecule has 0 bridgehead atoms. The van der Waals surface area contributed by atoms with Gasteiger partial charge >= 0.3 is 0 Å². The summed E-state index contributed by atoms with van der Waals surface area (Å²) >= 11 is 1.59. The van der Waals surface area contributed by atoms with Gasteiger partial charge in [-0.1, -0.05) is 24.3 Å². The first-order valence-electron chi connectivity index (χ1n) is 9.83. The van der Waals surface area contributed by atoms with Crippen LogP contribution in [0.3, 0.4) is 0 Å². The Hall–Kier alpha value is -2.78. The molecule has 0 atom stereocenters. The van der Waals surface area contributed by atoms with Crippen LogP contribution in [-0.2, 0) is 21.4 Å². The molecule has 1 fully saturated rings. The van der Waals surface area contributed by atoms with Crippen LogP contribution in [0.2, 0.25) is 0 Å². The minimum atomic E-state index is -3.62. The van der Waals surface area contributed by atoms with Crippen molar-refractivity contribution in [3.05, 3.63) is 59.1 Å². The minimum absolute atomic E-state index is 0.0234. The van der Waals surface area contributed by atoms with Crippen molar-refractivity contribution in [3.63, 3.8) is 0 Å². The first kappa shape index (κ1) is 19.2. The maximum absolute atomic E-state index is 12.6. The average molecular weight is 441 g/mol. The lowest BCUT2D eigenvalue weighted by atomic mass is 9.95. The van der Waals surface area contributed by atoms with Crippen molar-refractivity contribution < 1.29 is 13.2 Å². The van der Waals surface area contributed by atoms with Crippen molar-refractivity contribution in [2.24, 2.45) is 10.3 Å². The standard InChI is InChI=1S/C21H20N4O3S2/c26-21(22-13-19-23-16-6-2-3-7-17(16)29-19)14-9-11-25(12-10-14)20-15-5-1-4-8-18(15)30(27,28)24-20/h1-8,14H,9-13H2,(H,22,26). The number of piperidine rings is 1. The molecule has 9 heteroatoms. The van der Waals surface area contributed by atoms with Gasteiger partial charge in [-0.2, -0.15) is 8.42 Å². The summed E-state index contributed by atoms with van der Waals surface area (Å²) in [6.07, 6.45) is 1.32. The maximum atomic E-state index is 12.6. The highest BCUT2D eigenvalue weighted by molar-refractivity contribution is 7.90. The largest absolute Gasteiger partial charge is 0.355 e. The molecule has 2 aliphatic heterocycles. The SMILES string of the molecule is O=C(NCc1nc2ccccc2s1)C1CCN(C2=NS(=O)(=O)c3ccccc32)CC1. The number of nitrogens with zero attached hydrogens (tertiary/aromatic N) is 3. The first-order chi connectivity index (χ1) is 14.5. The van der Waals surface area contributed by atoms with Gasteiger partial charge in [0, 0.05) is 24.6 Å². The number of thiazole rings is 1. The van der Waals surface area contributed by atoms with E-state index in [1.165, 1.54) is 0 Å². The van der Waals surface area contributed by atoms with Crippen LogP contribution in [0.1, 0.15) is 23.4 Å². The second-order valence-electron chi connectivity index (χ2n) is 7.44. The number of para-hydroxylation sites is 1. The van der Waals surface area contributed by atoms with Crippen molar-refractivity contribution in [3.8, 4) is 0 Å². The van der Waals surface area contributed by atoms with Gasteiger partial charge in [-0.3, -0.25) is 4.79 Å². The Bertz CT molecular complexity index is 1230. The second kappa shape index (κ2) is 7.48. The Morgan fingerprint density at radius 1 is 1.10 bits per heavy atom. The molecule has 1 N–H and O–H groups in total. The van der Waals surface area contributed by atoms with Gasteiger partial charge in [-0.05, 0) is 37.1 Å². The Morgan fingerprint density at radius 2 is 1.83 bits per heavy atom. The summed E-state index contributed by atoms with van der Waals surface area (Å²) in [6.45, 7) is 1.63. The predicted octanol–water partition coefficient (Wildman–Crippen LogP) is 2.77. The summed E-state index contributed by atoms with van der Waals surface area (Å²) in [5.74, 6) is 0.429. The lowest BCUT2D eigenvalue weighted by Crippen LogP contribution is -2.42. The number of aromatic nitrogens is 1. The van der Waals surface area contributed by atoms with E-state index in [-0.39, 0.29) is 16.7 Å². The molecular weight excluding hydrogens is 420 g/mol. The van der Waals surface area contributed by atoms with Gasteiger partial charge in [0.05, 0.1) is 16.8 Å². The highest BCUT2D eigenvalue weighted by Gasteiger charge is 2.34. The number of hydrogen-bond donors (Lipinski definition) is 1. The van der Waals surface area contributed by atoms with Crippen LogP contribution in [0, 0.1) is 5.92 Å². The fourth-order valence-corrected chi connectivity index (χ4v) is 6.11. The molecule has 0 spiro atoms. The van der Waals surface area contributed by atoms with Gasteiger partial charge in [-0.25, -0.2) is 4.98 Å². The lowest BCUT2D eigenvalue weighted by molar-refractivity contribution is -0.126. The van der Waals surface area contributed by atoms with Crippen LogP contribution in [0.15, 0.2) is 57.8 Å². The van der Waals surface area contributed by atoms with Crippen molar-refractivity contribution in [2.75, 3.05) is 13.1 Å². The molecule has 0 radical (unpaired) electrons. The fraction of sp³-hybridized carbons (Fsp3) is 0.286. The fourth-order valence-electron chi connectivity index (χ4n) is 3.97. The molecule has 0 unspecified atom stereocenters.